The number of benzene rings is 1. The molecule has 0 amide bonds. The van der Waals surface area contributed by atoms with Crippen LogP contribution in [0.2, 0.25) is 0 Å². The number of carbonyl (C=O) groups is 1. The van der Waals surface area contributed by atoms with E-state index in [1.165, 1.54) is 15.9 Å². The molecule has 1 aromatic rings. The van der Waals surface area contributed by atoms with Gasteiger partial charge in [-0.3, -0.25) is 0 Å². The van der Waals surface area contributed by atoms with Gasteiger partial charge in [-0.15, -0.1) is 0 Å². The van der Waals surface area contributed by atoms with E-state index in [0.29, 0.717) is 11.8 Å². The molecule has 0 saturated heterocycles. The molecule has 0 aromatic heterocycles. The summed E-state index contributed by atoms with van der Waals surface area (Å²) >= 11 is -1.63. The quantitative estimate of drug-likeness (QED) is 0.468. The van der Waals surface area contributed by atoms with Crippen molar-refractivity contribution in [2.45, 2.75) is 52.9 Å². The van der Waals surface area contributed by atoms with Crippen molar-refractivity contribution in [1.29, 1.82) is 0 Å². The zero-order valence-corrected chi connectivity index (χ0v) is 17.9. The molecule has 0 atom stereocenters. The molecule has 0 N–H and O–H groups in total. The maximum absolute atomic E-state index is 11.6. The van der Waals surface area contributed by atoms with Crippen LogP contribution < -0.4 is 3.07 Å². The van der Waals surface area contributed by atoms with Crippen molar-refractivity contribution in [3.63, 3.8) is 0 Å². The average molecular weight is 449 g/mol. The summed E-state index contributed by atoms with van der Waals surface area (Å²) < 4.78 is 6.73. The first-order valence-corrected chi connectivity index (χ1v) is 12.2. The first-order chi connectivity index (χ1) is 8.97. The number of hydrogen-bond acceptors (Lipinski definition) is 2. The van der Waals surface area contributed by atoms with Crippen LogP contribution in [0.4, 0.5) is 0 Å². The summed E-state index contributed by atoms with van der Waals surface area (Å²) in [4.78, 5) is 11.6. The summed E-state index contributed by atoms with van der Waals surface area (Å²) in [6.45, 7) is 6.78. The Morgan fingerprint density at radius 3 is 2.42 bits per heavy atom. The zero-order valence-electron chi connectivity index (χ0n) is 12.4. The van der Waals surface area contributed by atoms with E-state index in [4.69, 9.17) is 2.64 Å². The molecule has 3 heteroatoms. The van der Waals surface area contributed by atoms with Crippen molar-refractivity contribution in [3.8, 4) is 0 Å². The third-order valence-corrected chi connectivity index (χ3v) is 7.99. The maximum atomic E-state index is 11.6. The molecular weight excluding hydrogens is 425 g/mol. The fraction of sp³-hybridized carbons (Fsp3) is 0.562. The molecule has 0 aliphatic rings. The van der Waals surface area contributed by atoms with E-state index >= 15 is 0 Å². The van der Waals surface area contributed by atoms with E-state index < -0.39 is 25.0 Å². The Balaban J connectivity index is 2.06. The fourth-order valence-corrected chi connectivity index (χ4v) is 5.55. The molecule has 2 nitrogen and oxygen atoms in total. The van der Waals surface area contributed by atoms with Crippen molar-refractivity contribution in [3.05, 3.63) is 30.3 Å². The Labute approximate surface area is 130 Å². The van der Waals surface area contributed by atoms with Gasteiger partial charge in [0.25, 0.3) is 0 Å². The van der Waals surface area contributed by atoms with E-state index in [1.807, 2.05) is 18.2 Å². The topological polar surface area (TPSA) is 26.3 Å². The molecule has 19 heavy (non-hydrogen) atoms. The van der Waals surface area contributed by atoms with Crippen LogP contribution >= 0.6 is 0 Å². The predicted molar refractivity (Wildman–Crippen MR) is 74.7 cm³/mol. The van der Waals surface area contributed by atoms with Gasteiger partial charge >= 0.3 is 130 Å². The molecule has 0 saturated carbocycles. The van der Waals surface area contributed by atoms with Crippen molar-refractivity contribution in [2.24, 2.45) is 5.41 Å². The van der Waals surface area contributed by atoms with Gasteiger partial charge in [-0.05, 0) is 0 Å². The molecule has 0 fully saturated rings. The Bertz CT molecular complexity index is 368. The number of carbonyl (C=O) groups excluding carboxylic acids is 1. The van der Waals surface area contributed by atoms with Crippen LogP contribution in [0.1, 0.15) is 52.9 Å². The van der Waals surface area contributed by atoms with Gasteiger partial charge < -0.3 is 0 Å². The second kappa shape index (κ2) is 8.73. The number of hydrogen-bond donors (Lipinski definition) is 0. The Hall–Kier alpha value is -0.375. The van der Waals surface area contributed by atoms with Crippen molar-refractivity contribution < 1.29 is 32.5 Å². The van der Waals surface area contributed by atoms with E-state index in [-0.39, 0.29) is 5.97 Å². The Morgan fingerprint density at radius 2 is 1.79 bits per heavy atom. The Morgan fingerprint density at radius 1 is 1.11 bits per heavy atom. The summed E-state index contributed by atoms with van der Waals surface area (Å²) in [7, 11) is 0. The van der Waals surface area contributed by atoms with Gasteiger partial charge in [-0.1, -0.05) is 0 Å². The molecule has 1 rings (SSSR count). The van der Waals surface area contributed by atoms with Gasteiger partial charge in [0.2, 0.25) is 0 Å². The minimum atomic E-state index is -1.63. The molecule has 0 radical (unpaired) electrons. The molecule has 0 aliphatic carbocycles. The normalized spacial score (nSPS) is 10.9. The SMILES string of the molecule is CC(C)(C)CCCCCC(=O)[O][Hg][c]1ccccc1. The van der Waals surface area contributed by atoms with Crippen LogP contribution in [-0.4, -0.2) is 5.97 Å². The van der Waals surface area contributed by atoms with E-state index in [0.717, 1.165) is 12.8 Å². The molecule has 0 unspecified atom stereocenters. The molecule has 0 spiro atoms. The van der Waals surface area contributed by atoms with Crippen LogP contribution in [0.3, 0.4) is 0 Å². The zero-order chi connectivity index (χ0) is 14.1. The van der Waals surface area contributed by atoms with Gasteiger partial charge in [0.15, 0.2) is 0 Å². The molecule has 102 valence electrons. The summed E-state index contributed by atoms with van der Waals surface area (Å²) in [5.74, 6) is 0.0151. The third-order valence-electron chi connectivity index (χ3n) is 3.05. The van der Waals surface area contributed by atoms with Gasteiger partial charge in [0.05, 0.1) is 0 Å². The first-order valence-electron chi connectivity index (χ1n) is 7.17. The van der Waals surface area contributed by atoms with Crippen LogP contribution in [0.15, 0.2) is 30.3 Å². The van der Waals surface area contributed by atoms with E-state index in [1.54, 1.807) is 0 Å². The second-order valence-electron chi connectivity index (χ2n) is 6.27. The van der Waals surface area contributed by atoms with Crippen LogP contribution in [-0.2, 0) is 32.5 Å². The van der Waals surface area contributed by atoms with Gasteiger partial charge in [-0.2, -0.15) is 0 Å². The molecule has 0 heterocycles. The first kappa shape index (κ1) is 16.7. The molecule has 0 aliphatic heterocycles. The monoisotopic (exact) mass is 450 g/mol. The second-order valence-corrected chi connectivity index (χ2v) is 11.7. The molecule has 0 bridgehead atoms. The summed E-state index contributed by atoms with van der Waals surface area (Å²) in [6.07, 6.45) is 5.13. The third kappa shape index (κ3) is 9.20. The number of unbranched alkanes of at least 4 members (excludes halogenated alkanes) is 2. The molecule has 1 aromatic carbocycles. The molecular formula is C16H24HgO2. The number of rotatable bonds is 7. The van der Waals surface area contributed by atoms with E-state index in [9.17, 15) is 4.79 Å². The van der Waals surface area contributed by atoms with Crippen LogP contribution in [0, 0.1) is 5.41 Å². The van der Waals surface area contributed by atoms with Crippen molar-refractivity contribution >= 4 is 9.04 Å². The van der Waals surface area contributed by atoms with Crippen LogP contribution in [0.5, 0.6) is 0 Å². The fourth-order valence-electron chi connectivity index (χ4n) is 1.91. The van der Waals surface area contributed by atoms with Crippen molar-refractivity contribution in [1.82, 2.24) is 0 Å². The standard InChI is InChI=1S/C10H20O2.C6H5.Hg/c1-10(2,3)8-6-4-5-7-9(11)12;1-2-4-6-5-3-1;/h4-8H2,1-3H3,(H,11,12);1-5H;/q;;+1/p-1. The van der Waals surface area contributed by atoms with E-state index in [2.05, 4.69) is 32.9 Å². The Kier molecular flexibility index (Phi) is 7.66. The van der Waals surface area contributed by atoms with Crippen molar-refractivity contribution in [2.75, 3.05) is 0 Å². The van der Waals surface area contributed by atoms with Gasteiger partial charge in [0.1, 0.15) is 0 Å². The van der Waals surface area contributed by atoms with Gasteiger partial charge in [0, 0.05) is 0 Å². The summed E-state index contributed by atoms with van der Waals surface area (Å²) in [5, 5.41) is 0. The van der Waals surface area contributed by atoms with Crippen LogP contribution in [0.25, 0.3) is 0 Å². The average Bonchev–Trinajstić information content (AvgIpc) is 2.36. The summed E-state index contributed by atoms with van der Waals surface area (Å²) in [6, 6.07) is 10.1. The minimum absolute atomic E-state index is 0.0151. The summed E-state index contributed by atoms with van der Waals surface area (Å²) in [5.41, 5.74) is 0.408. The van der Waals surface area contributed by atoms with Gasteiger partial charge in [-0.25, -0.2) is 0 Å². The predicted octanol–water partition coefficient (Wildman–Crippen LogP) is 3.85.